The molecule has 2 N–H and O–H groups in total. The third-order valence-corrected chi connectivity index (χ3v) is 4.22. The fourth-order valence-corrected chi connectivity index (χ4v) is 2.77. The maximum absolute atomic E-state index is 12.7. The monoisotopic (exact) mass is 287 g/mol. The highest BCUT2D eigenvalue weighted by atomic mass is 19.4. The van der Waals surface area contributed by atoms with E-state index in [-0.39, 0.29) is 19.4 Å². The molecule has 1 aliphatic carbocycles. The summed E-state index contributed by atoms with van der Waals surface area (Å²) in [7, 11) is 0. The van der Waals surface area contributed by atoms with Crippen molar-refractivity contribution in [3.63, 3.8) is 0 Å². The standard InChI is InChI=1S/C15H20F3NO/c16-15(17,18)13-6-8-14(11-20,9-7-13)19-10-12-4-2-1-3-5-12/h1-5,13,19-20H,6-11H2. The van der Waals surface area contributed by atoms with Gasteiger partial charge in [-0.3, -0.25) is 0 Å². The van der Waals surface area contributed by atoms with Crippen LogP contribution in [0.25, 0.3) is 0 Å². The van der Waals surface area contributed by atoms with E-state index < -0.39 is 17.6 Å². The Morgan fingerprint density at radius 2 is 1.75 bits per heavy atom. The first kappa shape index (κ1) is 15.3. The van der Waals surface area contributed by atoms with Crippen molar-refractivity contribution in [3.05, 3.63) is 35.9 Å². The predicted octanol–water partition coefficient (Wildman–Crippen LogP) is 3.26. The van der Waals surface area contributed by atoms with Crippen LogP contribution in [0, 0.1) is 5.92 Å². The number of rotatable bonds is 4. The zero-order chi connectivity index (χ0) is 14.6. The second-order valence-electron chi connectivity index (χ2n) is 5.59. The van der Waals surface area contributed by atoms with Crippen LogP contribution in [0.1, 0.15) is 31.2 Å². The first-order chi connectivity index (χ1) is 9.45. The molecule has 20 heavy (non-hydrogen) atoms. The van der Waals surface area contributed by atoms with Crippen LogP contribution in [0.4, 0.5) is 13.2 Å². The normalized spacial score (nSPS) is 27.5. The number of benzene rings is 1. The molecule has 2 rings (SSSR count). The molecule has 5 heteroatoms. The van der Waals surface area contributed by atoms with Crippen LogP contribution in [0.3, 0.4) is 0 Å². The van der Waals surface area contributed by atoms with E-state index in [0.29, 0.717) is 19.4 Å². The Morgan fingerprint density at radius 3 is 2.25 bits per heavy atom. The number of nitrogens with one attached hydrogen (secondary N) is 1. The number of aliphatic hydroxyl groups excluding tert-OH is 1. The average molecular weight is 287 g/mol. The van der Waals surface area contributed by atoms with Crippen LogP contribution in [0.5, 0.6) is 0 Å². The molecule has 0 aliphatic heterocycles. The smallest absolute Gasteiger partial charge is 0.391 e. The molecule has 1 fully saturated rings. The van der Waals surface area contributed by atoms with Crippen molar-refractivity contribution in [1.29, 1.82) is 0 Å². The minimum atomic E-state index is -4.11. The molecule has 0 saturated heterocycles. The van der Waals surface area contributed by atoms with Crippen molar-refractivity contribution in [1.82, 2.24) is 5.32 Å². The number of aliphatic hydroxyl groups is 1. The molecule has 1 aliphatic rings. The highest BCUT2D eigenvalue weighted by Gasteiger charge is 2.45. The van der Waals surface area contributed by atoms with Gasteiger partial charge < -0.3 is 10.4 Å². The van der Waals surface area contributed by atoms with Crippen molar-refractivity contribution in [3.8, 4) is 0 Å². The van der Waals surface area contributed by atoms with Crippen molar-refractivity contribution in [2.45, 2.75) is 43.9 Å². The van der Waals surface area contributed by atoms with Crippen LogP contribution >= 0.6 is 0 Å². The second kappa shape index (κ2) is 6.14. The van der Waals surface area contributed by atoms with E-state index in [1.165, 1.54) is 0 Å². The van der Waals surface area contributed by atoms with Gasteiger partial charge in [-0.05, 0) is 31.2 Å². The Morgan fingerprint density at radius 1 is 1.15 bits per heavy atom. The lowest BCUT2D eigenvalue weighted by atomic mass is 9.76. The summed E-state index contributed by atoms with van der Waals surface area (Å²) in [5.41, 5.74) is 0.496. The summed E-state index contributed by atoms with van der Waals surface area (Å²) in [6, 6.07) is 9.67. The lowest BCUT2D eigenvalue weighted by Gasteiger charge is -2.40. The van der Waals surface area contributed by atoms with Gasteiger partial charge in [-0.2, -0.15) is 13.2 Å². The van der Waals surface area contributed by atoms with Crippen LogP contribution < -0.4 is 5.32 Å². The van der Waals surface area contributed by atoms with Gasteiger partial charge in [0.15, 0.2) is 0 Å². The van der Waals surface area contributed by atoms with Gasteiger partial charge in [0.2, 0.25) is 0 Å². The van der Waals surface area contributed by atoms with Gasteiger partial charge in [-0.15, -0.1) is 0 Å². The van der Waals surface area contributed by atoms with Gasteiger partial charge >= 0.3 is 6.18 Å². The molecule has 0 aromatic heterocycles. The van der Waals surface area contributed by atoms with Crippen molar-refractivity contribution >= 4 is 0 Å². The summed E-state index contributed by atoms with van der Waals surface area (Å²) >= 11 is 0. The Bertz CT molecular complexity index is 411. The summed E-state index contributed by atoms with van der Waals surface area (Å²) in [5, 5.41) is 12.8. The first-order valence-corrected chi connectivity index (χ1v) is 6.92. The third-order valence-electron chi connectivity index (χ3n) is 4.22. The molecular weight excluding hydrogens is 267 g/mol. The third kappa shape index (κ3) is 3.73. The van der Waals surface area contributed by atoms with Gasteiger partial charge in [0, 0.05) is 12.1 Å². The van der Waals surface area contributed by atoms with Crippen LogP contribution in [-0.4, -0.2) is 23.4 Å². The number of alkyl halides is 3. The molecule has 0 bridgehead atoms. The summed E-state index contributed by atoms with van der Waals surface area (Å²) in [6.07, 6.45) is -3.21. The lowest BCUT2D eigenvalue weighted by Crippen LogP contribution is -2.51. The number of halogens is 3. The van der Waals surface area contributed by atoms with Gasteiger partial charge in [0.05, 0.1) is 12.5 Å². The quantitative estimate of drug-likeness (QED) is 0.891. The minimum Gasteiger partial charge on any atom is -0.394 e. The van der Waals surface area contributed by atoms with E-state index in [1.54, 1.807) is 0 Å². The zero-order valence-corrected chi connectivity index (χ0v) is 11.3. The molecule has 0 atom stereocenters. The second-order valence-corrected chi connectivity index (χ2v) is 5.59. The molecule has 0 radical (unpaired) electrons. The highest BCUT2D eigenvalue weighted by Crippen LogP contribution is 2.41. The molecule has 2 nitrogen and oxygen atoms in total. The highest BCUT2D eigenvalue weighted by molar-refractivity contribution is 5.15. The molecule has 1 aromatic carbocycles. The van der Waals surface area contributed by atoms with Gasteiger partial charge in [-0.1, -0.05) is 30.3 Å². The fourth-order valence-electron chi connectivity index (χ4n) is 2.77. The molecule has 0 amide bonds. The van der Waals surface area contributed by atoms with Crippen molar-refractivity contribution in [2.75, 3.05) is 6.61 Å². The Labute approximate surface area is 117 Å². The van der Waals surface area contributed by atoms with E-state index in [9.17, 15) is 18.3 Å². The van der Waals surface area contributed by atoms with Crippen molar-refractivity contribution in [2.24, 2.45) is 5.92 Å². The summed E-state index contributed by atoms with van der Waals surface area (Å²) in [5.74, 6) is -1.22. The van der Waals surface area contributed by atoms with E-state index in [2.05, 4.69) is 5.32 Å². The molecule has 0 spiro atoms. The van der Waals surface area contributed by atoms with Crippen LogP contribution in [-0.2, 0) is 6.54 Å². The van der Waals surface area contributed by atoms with Gasteiger partial charge in [0.25, 0.3) is 0 Å². The minimum absolute atomic E-state index is 0.0891. The van der Waals surface area contributed by atoms with Gasteiger partial charge in [-0.25, -0.2) is 0 Å². The zero-order valence-electron chi connectivity index (χ0n) is 11.3. The maximum atomic E-state index is 12.7. The first-order valence-electron chi connectivity index (χ1n) is 6.92. The van der Waals surface area contributed by atoms with Gasteiger partial charge in [0.1, 0.15) is 0 Å². The fraction of sp³-hybridized carbons (Fsp3) is 0.600. The molecule has 112 valence electrons. The predicted molar refractivity (Wildman–Crippen MR) is 71.1 cm³/mol. The Kier molecular flexibility index (Phi) is 4.70. The Balaban J connectivity index is 1.92. The summed E-state index contributed by atoms with van der Waals surface area (Å²) in [6.45, 7) is 0.447. The summed E-state index contributed by atoms with van der Waals surface area (Å²) in [4.78, 5) is 0. The molecule has 1 aromatic rings. The molecule has 0 heterocycles. The topological polar surface area (TPSA) is 32.3 Å². The van der Waals surface area contributed by atoms with E-state index in [0.717, 1.165) is 5.56 Å². The lowest BCUT2D eigenvalue weighted by molar-refractivity contribution is -0.186. The van der Waals surface area contributed by atoms with Crippen LogP contribution in [0.2, 0.25) is 0 Å². The molecule has 1 saturated carbocycles. The molecular formula is C15H20F3NO. The number of hydrogen-bond donors (Lipinski definition) is 2. The van der Waals surface area contributed by atoms with Crippen molar-refractivity contribution < 1.29 is 18.3 Å². The van der Waals surface area contributed by atoms with Crippen LogP contribution in [0.15, 0.2) is 30.3 Å². The SMILES string of the molecule is OCC1(NCc2ccccc2)CCC(C(F)(F)F)CC1. The van der Waals surface area contributed by atoms with E-state index in [4.69, 9.17) is 0 Å². The average Bonchev–Trinajstić information content (AvgIpc) is 2.46. The Hall–Kier alpha value is -1.07. The molecule has 0 unspecified atom stereocenters. The van der Waals surface area contributed by atoms with E-state index in [1.807, 2.05) is 30.3 Å². The van der Waals surface area contributed by atoms with E-state index >= 15 is 0 Å². The number of hydrogen-bond acceptors (Lipinski definition) is 2. The maximum Gasteiger partial charge on any atom is 0.391 e. The summed E-state index contributed by atoms with van der Waals surface area (Å²) < 4.78 is 38.0. The largest absolute Gasteiger partial charge is 0.394 e.